The van der Waals surface area contributed by atoms with Crippen LogP contribution in [0.1, 0.15) is 5.82 Å². The molecule has 2 rings (SSSR count). The summed E-state index contributed by atoms with van der Waals surface area (Å²) in [7, 11) is 0. The van der Waals surface area contributed by atoms with E-state index in [1.807, 2.05) is 0 Å². The molecule has 0 amide bonds. The van der Waals surface area contributed by atoms with Gasteiger partial charge in [-0.25, -0.2) is 4.98 Å². The van der Waals surface area contributed by atoms with E-state index in [0.717, 1.165) is 0 Å². The van der Waals surface area contributed by atoms with Crippen LogP contribution in [-0.4, -0.2) is 39.5 Å². The molecule has 6 nitrogen and oxygen atoms in total. The highest BCUT2D eigenvalue weighted by Crippen LogP contribution is 2.29. The van der Waals surface area contributed by atoms with Crippen molar-refractivity contribution in [3.63, 3.8) is 0 Å². The minimum Gasteiger partial charge on any atom is -0.480 e. The largest absolute Gasteiger partial charge is 0.480 e. The third-order valence-electron chi connectivity index (χ3n) is 1.97. The van der Waals surface area contributed by atoms with E-state index in [2.05, 4.69) is 15.2 Å². The molecule has 0 spiro atoms. The minimum absolute atomic E-state index is 0.164. The Bertz CT molecular complexity index is 291. The zero-order valence-electron chi connectivity index (χ0n) is 6.15. The topological polar surface area (TPSA) is 88.1 Å². The number of aromatic amines is 1. The molecule has 2 heterocycles. The highest BCUT2D eigenvalue weighted by molar-refractivity contribution is 5.81. The van der Waals surface area contributed by atoms with Crippen molar-refractivity contribution in [1.29, 1.82) is 0 Å². The lowest BCUT2D eigenvalue weighted by molar-refractivity contribution is -0.164. The van der Waals surface area contributed by atoms with Crippen molar-refractivity contribution in [2.45, 2.75) is 5.41 Å². The summed E-state index contributed by atoms with van der Waals surface area (Å²) in [5.41, 5.74) is -0.990. The van der Waals surface area contributed by atoms with E-state index >= 15 is 0 Å². The molecule has 1 aromatic rings. The van der Waals surface area contributed by atoms with E-state index in [1.54, 1.807) is 0 Å². The fourth-order valence-electron chi connectivity index (χ4n) is 1.10. The van der Waals surface area contributed by atoms with E-state index < -0.39 is 11.4 Å². The van der Waals surface area contributed by atoms with Crippen molar-refractivity contribution in [3.8, 4) is 0 Å². The van der Waals surface area contributed by atoms with Gasteiger partial charge in [0.2, 0.25) is 0 Å². The second kappa shape index (κ2) is 2.28. The maximum Gasteiger partial charge on any atom is 0.322 e. The number of carboxylic acids is 1. The maximum atomic E-state index is 10.8. The summed E-state index contributed by atoms with van der Waals surface area (Å²) in [6.07, 6.45) is 1.29. The van der Waals surface area contributed by atoms with Gasteiger partial charge >= 0.3 is 5.97 Å². The Kier molecular flexibility index (Phi) is 1.37. The zero-order valence-corrected chi connectivity index (χ0v) is 6.15. The Balaban J connectivity index is 2.35. The molecule has 12 heavy (non-hydrogen) atoms. The van der Waals surface area contributed by atoms with Gasteiger partial charge < -0.3 is 9.84 Å². The summed E-state index contributed by atoms with van der Waals surface area (Å²) in [4.78, 5) is 14.6. The van der Waals surface area contributed by atoms with Crippen LogP contribution in [0.2, 0.25) is 0 Å². The Labute approximate surface area is 67.6 Å². The van der Waals surface area contributed by atoms with Crippen molar-refractivity contribution in [3.05, 3.63) is 12.2 Å². The van der Waals surface area contributed by atoms with Crippen molar-refractivity contribution in [2.75, 3.05) is 13.2 Å². The number of H-pyrrole nitrogens is 1. The first-order valence-electron chi connectivity index (χ1n) is 3.43. The van der Waals surface area contributed by atoms with Crippen molar-refractivity contribution < 1.29 is 14.6 Å². The Morgan fingerprint density at radius 1 is 1.75 bits per heavy atom. The van der Waals surface area contributed by atoms with E-state index in [4.69, 9.17) is 9.84 Å². The summed E-state index contributed by atoms with van der Waals surface area (Å²) in [5, 5.41) is 15.0. The van der Waals surface area contributed by atoms with E-state index in [9.17, 15) is 4.79 Å². The summed E-state index contributed by atoms with van der Waals surface area (Å²) in [6.45, 7) is 0.328. The van der Waals surface area contributed by atoms with Crippen LogP contribution < -0.4 is 0 Å². The van der Waals surface area contributed by atoms with Gasteiger partial charge in [-0.2, -0.15) is 5.10 Å². The molecule has 6 heteroatoms. The predicted molar refractivity (Wildman–Crippen MR) is 36.5 cm³/mol. The van der Waals surface area contributed by atoms with Crippen LogP contribution in [-0.2, 0) is 14.9 Å². The van der Waals surface area contributed by atoms with Crippen LogP contribution in [0.3, 0.4) is 0 Å². The van der Waals surface area contributed by atoms with Crippen molar-refractivity contribution in [2.24, 2.45) is 0 Å². The van der Waals surface area contributed by atoms with E-state index in [1.165, 1.54) is 6.33 Å². The SMILES string of the molecule is O=C(O)C1(c2ncn[nH]2)COC1. The molecule has 2 N–H and O–H groups in total. The summed E-state index contributed by atoms with van der Waals surface area (Å²) < 4.78 is 4.85. The molecule has 1 fully saturated rings. The Hall–Kier alpha value is -1.43. The van der Waals surface area contributed by atoms with Gasteiger partial charge in [0.1, 0.15) is 12.2 Å². The number of rotatable bonds is 2. The van der Waals surface area contributed by atoms with Gasteiger partial charge in [0, 0.05) is 0 Å². The lowest BCUT2D eigenvalue weighted by Crippen LogP contribution is -2.53. The second-order valence-electron chi connectivity index (χ2n) is 2.71. The van der Waals surface area contributed by atoms with Gasteiger partial charge in [-0.3, -0.25) is 9.89 Å². The zero-order chi connectivity index (χ0) is 8.60. The van der Waals surface area contributed by atoms with Crippen LogP contribution in [0, 0.1) is 0 Å². The van der Waals surface area contributed by atoms with Crippen LogP contribution in [0.15, 0.2) is 6.33 Å². The highest BCUT2D eigenvalue weighted by Gasteiger charge is 2.50. The standard InChI is InChI=1S/C6H7N3O3/c10-5(11)6(1-12-2-6)4-7-3-8-9-4/h3H,1-2H2,(H,10,11)(H,7,8,9). The highest BCUT2D eigenvalue weighted by atomic mass is 16.5. The van der Waals surface area contributed by atoms with Gasteiger partial charge in [0.05, 0.1) is 13.2 Å². The molecule has 64 valence electrons. The molecule has 1 aromatic heterocycles. The molecule has 0 radical (unpaired) electrons. The molecule has 0 bridgehead atoms. The third kappa shape index (κ3) is 0.751. The maximum absolute atomic E-state index is 10.8. The fourth-order valence-corrected chi connectivity index (χ4v) is 1.10. The Morgan fingerprint density at radius 3 is 2.83 bits per heavy atom. The number of nitrogens with zero attached hydrogens (tertiary/aromatic N) is 2. The van der Waals surface area contributed by atoms with Crippen LogP contribution in [0.4, 0.5) is 0 Å². The number of carbonyl (C=O) groups is 1. The second-order valence-corrected chi connectivity index (χ2v) is 2.71. The average molecular weight is 169 g/mol. The minimum atomic E-state index is -0.990. The Morgan fingerprint density at radius 2 is 2.50 bits per heavy atom. The monoisotopic (exact) mass is 169 g/mol. The number of carboxylic acid groups (broad SMARTS) is 1. The quantitative estimate of drug-likeness (QED) is 0.602. The number of aromatic nitrogens is 3. The molecule has 0 saturated carbocycles. The number of ether oxygens (including phenoxy) is 1. The molecule has 1 aliphatic heterocycles. The summed E-state index contributed by atoms with van der Waals surface area (Å²) in [6, 6.07) is 0. The van der Waals surface area contributed by atoms with Gasteiger partial charge in [0.15, 0.2) is 5.41 Å². The van der Waals surface area contributed by atoms with Crippen molar-refractivity contribution >= 4 is 5.97 Å². The average Bonchev–Trinajstić information content (AvgIpc) is 2.35. The van der Waals surface area contributed by atoms with Crippen LogP contribution >= 0.6 is 0 Å². The van der Waals surface area contributed by atoms with Gasteiger partial charge in [-0.15, -0.1) is 0 Å². The normalized spacial score (nSPS) is 20.0. The van der Waals surface area contributed by atoms with Gasteiger partial charge in [0.25, 0.3) is 0 Å². The summed E-state index contributed by atoms with van der Waals surface area (Å²) in [5.74, 6) is -0.563. The predicted octanol–water partition coefficient (Wildman–Crippen LogP) is -0.843. The first kappa shape index (κ1) is 7.23. The first-order chi connectivity index (χ1) is 5.76. The molecule has 1 saturated heterocycles. The van der Waals surface area contributed by atoms with E-state index in [0.29, 0.717) is 5.82 Å². The molecule has 0 atom stereocenters. The number of hydrogen-bond donors (Lipinski definition) is 2. The fraction of sp³-hybridized carbons (Fsp3) is 0.500. The smallest absolute Gasteiger partial charge is 0.322 e. The van der Waals surface area contributed by atoms with Crippen LogP contribution in [0.25, 0.3) is 0 Å². The number of hydrogen-bond acceptors (Lipinski definition) is 4. The van der Waals surface area contributed by atoms with Gasteiger partial charge in [-0.1, -0.05) is 0 Å². The molecular formula is C6H7N3O3. The van der Waals surface area contributed by atoms with E-state index in [-0.39, 0.29) is 13.2 Å². The lowest BCUT2D eigenvalue weighted by atomic mass is 9.85. The van der Waals surface area contributed by atoms with Gasteiger partial charge in [-0.05, 0) is 0 Å². The molecule has 0 unspecified atom stereocenters. The molecule has 0 aromatic carbocycles. The first-order valence-corrected chi connectivity index (χ1v) is 3.43. The lowest BCUT2D eigenvalue weighted by Gasteiger charge is -2.34. The molecule has 0 aliphatic carbocycles. The number of nitrogens with one attached hydrogen (secondary N) is 1. The molecular weight excluding hydrogens is 162 g/mol. The molecule has 1 aliphatic rings. The summed E-state index contributed by atoms with van der Waals surface area (Å²) >= 11 is 0. The third-order valence-corrected chi connectivity index (χ3v) is 1.97. The van der Waals surface area contributed by atoms with Crippen LogP contribution in [0.5, 0.6) is 0 Å². The van der Waals surface area contributed by atoms with Crippen molar-refractivity contribution in [1.82, 2.24) is 15.2 Å². The number of aliphatic carboxylic acids is 1.